The molecule has 2 fully saturated rings. The van der Waals surface area contributed by atoms with Gasteiger partial charge in [0, 0.05) is 26.2 Å². The van der Waals surface area contributed by atoms with Gasteiger partial charge in [0.2, 0.25) is 5.88 Å². The predicted molar refractivity (Wildman–Crippen MR) is 235 cm³/mol. The van der Waals surface area contributed by atoms with Crippen LogP contribution in [0.2, 0.25) is 20.4 Å². The van der Waals surface area contributed by atoms with Gasteiger partial charge in [-0.05, 0) is 41.5 Å². The summed E-state index contributed by atoms with van der Waals surface area (Å²) < 4.78 is 72.2. The number of ether oxygens (including phenoxy) is 3. The van der Waals surface area contributed by atoms with Gasteiger partial charge < -0.3 is 38.8 Å². The Balaban J connectivity index is 0.000000239. The highest BCUT2D eigenvalue weighted by Crippen LogP contribution is 2.39. The molecule has 0 saturated carbocycles. The summed E-state index contributed by atoms with van der Waals surface area (Å²) in [6.45, 7) is 13.6. The van der Waals surface area contributed by atoms with Gasteiger partial charge in [-0.25, -0.2) is 47.1 Å². The number of halogens is 8. The molecule has 26 heteroatoms. The van der Waals surface area contributed by atoms with Crippen LogP contribution in [0, 0.1) is 0 Å². The zero-order valence-electron chi connectivity index (χ0n) is 34.5. The minimum atomic E-state index is -2.83. The van der Waals surface area contributed by atoms with Crippen LogP contribution >= 0.6 is 69.1 Å². The van der Waals surface area contributed by atoms with Crippen molar-refractivity contribution in [1.29, 1.82) is 0 Å². The number of aromatic nitrogens is 6. The third-order valence-corrected chi connectivity index (χ3v) is 11.8. The van der Waals surface area contributed by atoms with Crippen molar-refractivity contribution in [3.05, 3.63) is 54.4 Å². The molecule has 0 spiro atoms. The second-order valence-corrected chi connectivity index (χ2v) is 18.8. The van der Waals surface area contributed by atoms with Crippen LogP contribution in [0.1, 0.15) is 41.5 Å². The Morgan fingerprint density at radius 2 is 1.27 bits per heavy atom. The number of alkyl halides is 4. The second kappa shape index (κ2) is 20.7. The molecule has 6 heterocycles. The van der Waals surface area contributed by atoms with E-state index in [9.17, 15) is 31.9 Å². The summed E-state index contributed by atoms with van der Waals surface area (Å²) in [6.07, 6.45) is -5.47. The smallest absolute Gasteiger partial charge is 0.410 e. The number of hydrogen-bond donors (Lipinski definition) is 1. The standard InChI is InChI=1S/C20H23Cl2F2N5O3S.C17H19Cl2F2N5O3S/c1-5-8-31-18-12(21)17(26-16(27-18)13-14(22)25-10-33-13)29-7-6-28(9-11(29)15(23)24)19(30)32-20(2,3)4;1-17(2,3)29-16(28)25-4-5-26(8(6-25)12(20)21)14-9(18)15(27)24-13(23-14)10-11(19)22-7-30-10/h5,10-11,15H,1,6-9H2,2-4H3;7-8,12H,4-6H2,1-3H3,(H,23,24,27). The van der Waals surface area contributed by atoms with Crippen molar-refractivity contribution in [1.82, 2.24) is 39.7 Å². The molecule has 0 aromatic carbocycles. The average Bonchev–Trinajstić information content (AvgIpc) is 3.84. The van der Waals surface area contributed by atoms with Crippen LogP contribution in [-0.2, 0) is 9.47 Å². The van der Waals surface area contributed by atoms with Gasteiger partial charge in [0.1, 0.15) is 49.7 Å². The van der Waals surface area contributed by atoms with E-state index in [-0.39, 0.29) is 95.4 Å². The second-order valence-electron chi connectivity index (χ2n) is 15.6. The van der Waals surface area contributed by atoms with Crippen molar-refractivity contribution < 1.29 is 41.4 Å². The highest BCUT2D eigenvalue weighted by atomic mass is 35.5. The number of H-pyrrole nitrogens is 1. The Labute approximate surface area is 387 Å². The number of carbonyl (C=O) groups excluding carboxylic acids is 2. The number of rotatable bonds is 9. The minimum absolute atomic E-state index is 0.00335. The fraction of sp³-hybridized carbons (Fsp3) is 0.514. The first-order valence-corrected chi connectivity index (χ1v) is 22.1. The van der Waals surface area contributed by atoms with Gasteiger partial charge in [0.15, 0.2) is 33.6 Å². The molecule has 2 atom stereocenters. The maximum atomic E-state index is 14.1. The molecule has 1 N–H and O–H groups in total. The normalized spacial score (nSPS) is 17.1. The summed E-state index contributed by atoms with van der Waals surface area (Å²) in [5.74, 6) is 0.176. The number of thiazole rings is 2. The van der Waals surface area contributed by atoms with Crippen LogP contribution in [0.15, 0.2) is 28.5 Å². The Kier molecular flexibility index (Phi) is 16.4. The van der Waals surface area contributed by atoms with E-state index in [4.69, 9.17) is 60.6 Å². The molecule has 2 amide bonds. The van der Waals surface area contributed by atoms with Gasteiger partial charge in [-0.15, -0.1) is 22.7 Å². The number of carbonyl (C=O) groups is 2. The van der Waals surface area contributed by atoms with Crippen molar-refractivity contribution in [2.24, 2.45) is 0 Å². The van der Waals surface area contributed by atoms with Crippen LogP contribution in [-0.4, -0.2) is 134 Å². The van der Waals surface area contributed by atoms with E-state index in [1.807, 2.05) is 0 Å². The average molecular weight is 1000 g/mol. The van der Waals surface area contributed by atoms with Crippen molar-refractivity contribution >= 4 is 92.9 Å². The number of nitrogens with zero attached hydrogens (tertiary/aromatic N) is 9. The van der Waals surface area contributed by atoms with Gasteiger partial charge in [-0.1, -0.05) is 59.1 Å². The highest BCUT2D eigenvalue weighted by Gasteiger charge is 2.41. The van der Waals surface area contributed by atoms with Crippen LogP contribution in [0.5, 0.6) is 5.88 Å². The minimum Gasteiger partial charge on any atom is -0.472 e. The van der Waals surface area contributed by atoms with Gasteiger partial charge in [-0.3, -0.25) is 4.79 Å². The summed E-state index contributed by atoms with van der Waals surface area (Å²) >= 11 is 27.1. The molecule has 2 aliphatic rings. The lowest BCUT2D eigenvalue weighted by Gasteiger charge is -2.42. The van der Waals surface area contributed by atoms with Crippen molar-refractivity contribution in [2.75, 3.05) is 55.7 Å². The molecule has 0 aliphatic carbocycles. The molecular weight excluding hydrogens is 962 g/mol. The Bertz CT molecular complexity index is 2330. The Hall–Kier alpha value is -4.22. The molecule has 4 aromatic heterocycles. The fourth-order valence-electron chi connectivity index (χ4n) is 6.01. The molecule has 344 valence electrons. The fourth-order valence-corrected chi connectivity index (χ4v) is 8.34. The molecule has 63 heavy (non-hydrogen) atoms. The molecule has 16 nitrogen and oxygen atoms in total. The Morgan fingerprint density at radius 3 is 1.70 bits per heavy atom. The van der Waals surface area contributed by atoms with Crippen molar-refractivity contribution in [2.45, 2.75) is 77.7 Å². The maximum Gasteiger partial charge on any atom is 0.410 e. The SMILES string of the molecule is C=CCOc1nc(-c2scnc2Cl)nc(N2CCN(C(=O)OC(C)(C)C)CC2C(F)F)c1Cl.CC(C)(C)OC(=O)N1CCN(c2nc(-c3scnc3Cl)[nH]c(=O)c2Cl)C(C(F)F)C1. The van der Waals surface area contributed by atoms with Crippen LogP contribution < -0.4 is 20.1 Å². The lowest BCUT2D eigenvalue weighted by Crippen LogP contribution is -2.58. The first kappa shape index (κ1) is 49.8. The summed E-state index contributed by atoms with van der Waals surface area (Å²) in [5.41, 5.74) is 0.790. The molecule has 0 bridgehead atoms. The topological polar surface area (TPSA) is 172 Å². The molecule has 2 aliphatic heterocycles. The third-order valence-electron chi connectivity index (χ3n) is 8.72. The summed E-state index contributed by atoms with van der Waals surface area (Å²) in [5, 5.41) is -0.0620. The van der Waals surface area contributed by atoms with Gasteiger partial charge in [-0.2, -0.15) is 4.98 Å². The molecule has 2 saturated heterocycles. The van der Waals surface area contributed by atoms with E-state index >= 15 is 0 Å². The zero-order valence-corrected chi connectivity index (χ0v) is 39.2. The first-order valence-electron chi connectivity index (χ1n) is 18.8. The van der Waals surface area contributed by atoms with E-state index in [1.165, 1.54) is 48.0 Å². The van der Waals surface area contributed by atoms with Crippen LogP contribution in [0.4, 0.5) is 38.8 Å². The van der Waals surface area contributed by atoms with E-state index in [2.05, 4.69) is 36.5 Å². The summed E-state index contributed by atoms with van der Waals surface area (Å²) in [7, 11) is 0. The summed E-state index contributed by atoms with van der Waals surface area (Å²) in [4.78, 5) is 66.3. The number of hydrogen-bond acceptors (Lipinski definition) is 15. The maximum absolute atomic E-state index is 14.1. The molecular formula is C37H42Cl4F4N10O6S2. The highest BCUT2D eigenvalue weighted by molar-refractivity contribution is 7.14. The van der Waals surface area contributed by atoms with Crippen molar-refractivity contribution in [3.63, 3.8) is 0 Å². The predicted octanol–water partition coefficient (Wildman–Crippen LogP) is 9.05. The van der Waals surface area contributed by atoms with E-state index in [0.717, 1.165) is 11.3 Å². The van der Waals surface area contributed by atoms with Crippen LogP contribution in [0.3, 0.4) is 0 Å². The monoisotopic (exact) mass is 1000 g/mol. The third kappa shape index (κ3) is 12.5. The lowest BCUT2D eigenvalue weighted by molar-refractivity contribution is 0.0107. The lowest BCUT2D eigenvalue weighted by atomic mass is 10.1. The number of anilines is 2. The number of amides is 2. The van der Waals surface area contributed by atoms with Crippen LogP contribution in [0.25, 0.3) is 21.4 Å². The first-order chi connectivity index (χ1) is 29.5. The molecule has 4 aromatic rings. The van der Waals surface area contributed by atoms with Gasteiger partial charge in [0.25, 0.3) is 18.4 Å². The van der Waals surface area contributed by atoms with Gasteiger partial charge in [0.05, 0.1) is 24.1 Å². The number of aromatic amines is 1. The number of piperazine rings is 2. The quantitative estimate of drug-likeness (QED) is 0.125. The largest absolute Gasteiger partial charge is 0.472 e. The molecule has 6 rings (SSSR count). The van der Waals surface area contributed by atoms with Crippen molar-refractivity contribution in [3.8, 4) is 27.3 Å². The zero-order chi connectivity index (χ0) is 46.6. The Morgan fingerprint density at radius 1 is 0.794 bits per heavy atom. The molecule has 2 unspecified atom stereocenters. The van der Waals surface area contributed by atoms with E-state index in [0.29, 0.717) is 9.75 Å². The summed E-state index contributed by atoms with van der Waals surface area (Å²) in [6, 6.07) is -2.81. The molecule has 0 radical (unpaired) electrons. The van der Waals surface area contributed by atoms with E-state index < -0.39 is 53.9 Å². The number of nitrogens with one attached hydrogen (secondary N) is 1. The van der Waals surface area contributed by atoms with E-state index in [1.54, 1.807) is 41.5 Å². The van der Waals surface area contributed by atoms with Gasteiger partial charge >= 0.3 is 12.2 Å².